The number of alkyl halides is 1. The topological polar surface area (TPSA) is 9.23 Å². The van der Waals surface area contributed by atoms with E-state index in [1.807, 2.05) is 30.3 Å². The van der Waals surface area contributed by atoms with Crippen LogP contribution in [0, 0.1) is 3.57 Å². The van der Waals surface area contributed by atoms with E-state index in [9.17, 15) is 0 Å². The van der Waals surface area contributed by atoms with Crippen molar-refractivity contribution in [3.63, 3.8) is 0 Å². The zero-order valence-corrected chi connectivity index (χ0v) is 12.1. The smallest absolute Gasteiger partial charge is 0.121 e. The molecule has 1 nitrogen and oxygen atoms in total. The molecule has 0 saturated carbocycles. The minimum absolute atomic E-state index is 0.512. The van der Waals surface area contributed by atoms with Crippen molar-refractivity contribution in [3.8, 4) is 5.75 Å². The van der Waals surface area contributed by atoms with Gasteiger partial charge in [0.1, 0.15) is 12.4 Å². The average Bonchev–Trinajstić information content (AvgIpc) is 2.37. The lowest BCUT2D eigenvalue weighted by atomic mass is 10.2. The van der Waals surface area contributed by atoms with Gasteiger partial charge < -0.3 is 4.74 Å². The molecule has 0 aromatic heterocycles. The van der Waals surface area contributed by atoms with Crippen molar-refractivity contribution >= 4 is 34.2 Å². The first-order valence-corrected chi connectivity index (χ1v) is 6.91. The fourth-order valence-corrected chi connectivity index (χ4v) is 2.38. The molecule has 2 aromatic carbocycles. The Balaban J connectivity index is 2.06. The van der Waals surface area contributed by atoms with E-state index >= 15 is 0 Å². The van der Waals surface area contributed by atoms with Gasteiger partial charge in [-0.3, -0.25) is 0 Å². The van der Waals surface area contributed by atoms with E-state index in [1.165, 1.54) is 5.56 Å². The Labute approximate surface area is 120 Å². The average molecular weight is 359 g/mol. The zero-order chi connectivity index (χ0) is 12.1. The molecule has 0 aliphatic carbocycles. The van der Waals surface area contributed by atoms with Gasteiger partial charge in [-0.05, 0) is 51.9 Å². The van der Waals surface area contributed by atoms with Crippen molar-refractivity contribution in [2.75, 3.05) is 0 Å². The molecule has 0 fully saturated rings. The number of rotatable bonds is 4. The third kappa shape index (κ3) is 3.89. The van der Waals surface area contributed by atoms with Crippen LogP contribution in [0.25, 0.3) is 0 Å². The number of hydrogen-bond donors (Lipinski definition) is 0. The Bertz CT molecular complexity index is 485. The van der Waals surface area contributed by atoms with E-state index in [2.05, 4.69) is 40.8 Å². The lowest BCUT2D eigenvalue weighted by Crippen LogP contribution is -1.96. The van der Waals surface area contributed by atoms with Crippen molar-refractivity contribution in [3.05, 3.63) is 63.2 Å². The van der Waals surface area contributed by atoms with Gasteiger partial charge in [-0.15, -0.1) is 11.6 Å². The molecule has 0 bridgehead atoms. The van der Waals surface area contributed by atoms with Crippen LogP contribution in [0.4, 0.5) is 0 Å². The summed E-state index contributed by atoms with van der Waals surface area (Å²) < 4.78 is 6.89. The zero-order valence-electron chi connectivity index (χ0n) is 9.20. The first-order chi connectivity index (χ1) is 8.28. The second-order valence-electron chi connectivity index (χ2n) is 3.70. The van der Waals surface area contributed by atoms with E-state index < -0.39 is 0 Å². The molecule has 3 heteroatoms. The minimum atomic E-state index is 0.512. The Morgan fingerprint density at radius 3 is 2.47 bits per heavy atom. The highest BCUT2D eigenvalue weighted by atomic mass is 127. The molecule has 0 atom stereocenters. The van der Waals surface area contributed by atoms with Gasteiger partial charge in [0.05, 0.1) is 0 Å². The first kappa shape index (κ1) is 12.7. The fraction of sp³-hybridized carbons (Fsp3) is 0.143. The lowest BCUT2D eigenvalue weighted by molar-refractivity contribution is 0.306. The Morgan fingerprint density at radius 2 is 1.76 bits per heavy atom. The molecule has 0 spiro atoms. The second-order valence-corrected chi connectivity index (χ2v) is 5.22. The van der Waals surface area contributed by atoms with Crippen LogP contribution in [0.5, 0.6) is 5.75 Å². The van der Waals surface area contributed by atoms with Crippen LogP contribution in [0.2, 0.25) is 0 Å². The Hall–Kier alpha value is -0.740. The van der Waals surface area contributed by atoms with E-state index in [1.54, 1.807) is 0 Å². The standard InChI is InChI=1S/C14H12ClIO/c15-9-12-6-13(16)8-14(7-12)17-10-11-4-2-1-3-5-11/h1-8H,9-10H2. The van der Waals surface area contributed by atoms with Crippen molar-refractivity contribution in [2.45, 2.75) is 12.5 Å². The van der Waals surface area contributed by atoms with Gasteiger partial charge in [0.15, 0.2) is 0 Å². The monoisotopic (exact) mass is 358 g/mol. The van der Waals surface area contributed by atoms with Gasteiger partial charge in [-0.1, -0.05) is 30.3 Å². The van der Waals surface area contributed by atoms with Crippen LogP contribution >= 0.6 is 34.2 Å². The molecular formula is C14H12ClIO. The summed E-state index contributed by atoms with van der Waals surface area (Å²) in [5.74, 6) is 1.38. The van der Waals surface area contributed by atoms with Crippen molar-refractivity contribution in [1.82, 2.24) is 0 Å². The largest absolute Gasteiger partial charge is 0.489 e. The maximum absolute atomic E-state index is 5.83. The fourth-order valence-electron chi connectivity index (χ4n) is 1.52. The van der Waals surface area contributed by atoms with E-state index in [-0.39, 0.29) is 0 Å². The minimum Gasteiger partial charge on any atom is -0.489 e. The molecule has 0 heterocycles. The van der Waals surface area contributed by atoms with Gasteiger partial charge in [-0.25, -0.2) is 0 Å². The maximum Gasteiger partial charge on any atom is 0.121 e. The summed E-state index contributed by atoms with van der Waals surface area (Å²) in [6.07, 6.45) is 0. The Morgan fingerprint density at radius 1 is 1.00 bits per heavy atom. The van der Waals surface area contributed by atoms with Crippen LogP contribution in [-0.2, 0) is 12.5 Å². The summed E-state index contributed by atoms with van der Waals surface area (Å²) in [7, 11) is 0. The highest BCUT2D eigenvalue weighted by Crippen LogP contribution is 2.21. The summed E-state index contributed by atoms with van der Waals surface area (Å²) >= 11 is 8.10. The number of benzene rings is 2. The molecule has 0 radical (unpaired) electrons. The SMILES string of the molecule is ClCc1cc(I)cc(OCc2ccccc2)c1. The van der Waals surface area contributed by atoms with E-state index in [0.717, 1.165) is 14.9 Å². The van der Waals surface area contributed by atoms with E-state index in [0.29, 0.717) is 12.5 Å². The second kappa shape index (κ2) is 6.26. The van der Waals surface area contributed by atoms with Crippen molar-refractivity contribution in [2.24, 2.45) is 0 Å². The first-order valence-electron chi connectivity index (χ1n) is 5.30. The van der Waals surface area contributed by atoms with Gasteiger partial charge >= 0.3 is 0 Å². The van der Waals surface area contributed by atoms with Crippen molar-refractivity contribution in [1.29, 1.82) is 0 Å². The van der Waals surface area contributed by atoms with Gasteiger partial charge in [0, 0.05) is 9.45 Å². The quantitative estimate of drug-likeness (QED) is 0.573. The molecule has 0 N–H and O–H groups in total. The van der Waals surface area contributed by atoms with Crippen LogP contribution in [0.15, 0.2) is 48.5 Å². The van der Waals surface area contributed by atoms with Gasteiger partial charge in [0.2, 0.25) is 0 Å². The normalized spacial score (nSPS) is 10.2. The van der Waals surface area contributed by atoms with Crippen LogP contribution < -0.4 is 4.74 Å². The number of ether oxygens (including phenoxy) is 1. The summed E-state index contributed by atoms with van der Waals surface area (Å²) in [6, 6.07) is 16.2. The summed E-state index contributed by atoms with van der Waals surface area (Å²) in [5, 5.41) is 0. The molecule has 0 aliphatic rings. The van der Waals surface area contributed by atoms with E-state index in [4.69, 9.17) is 16.3 Å². The van der Waals surface area contributed by atoms with Crippen LogP contribution in [0.3, 0.4) is 0 Å². The third-order valence-corrected chi connectivity index (χ3v) is 3.27. The van der Waals surface area contributed by atoms with Gasteiger partial charge in [0.25, 0.3) is 0 Å². The lowest BCUT2D eigenvalue weighted by Gasteiger charge is -2.08. The molecule has 2 rings (SSSR count). The summed E-state index contributed by atoms with van der Waals surface area (Å²) in [4.78, 5) is 0. The molecule has 17 heavy (non-hydrogen) atoms. The highest BCUT2D eigenvalue weighted by Gasteiger charge is 2.00. The highest BCUT2D eigenvalue weighted by molar-refractivity contribution is 14.1. The molecule has 88 valence electrons. The maximum atomic E-state index is 5.83. The molecule has 0 unspecified atom stereocenters. The molecule has 0 aliphatic heterocycles. The predicted molar refractivity (Wildman–Crippen MR) is 79.5 cm³/mol. The molecule has 2 aromatic rings. The third-order valence-electron chi connectivity index (χ3n) is 2.33. The molecular weight excluding hydrogens is 347 g/mol. The number of halogens is 2. The van der Waals surface area contributed by atoms with Crippen LogP contribution in [0.1, 0.15) is 11.1 Å². The van der Waals surface area contributed by atoms with Crippen molar-refractivity contribution < 1.29 is 4.74 Å². The number of hydrogen-bond acceptors (Lipinski definition) is 1. The summed E-state index contributed by atoms with van der Waals surface area (Å²) in [6.45, 7) is 0.586. The molecule has 0 amide bonds. The Kier molecular flexibility index (Phi) is 4.68. The summed E-state index contributed by atoms with van der Waals surface area (Å²) in [5.41, 5.74) is 2.25. The van der Waals surface area contributed by atoms with Gasteiger partial charge in [-0.2, -0.15) is 0 Å². The van der Waals surface area contributed by atoms with Crippen LogP contribution in [-0.4, -0.2) is 0 Å². The molecule has 0 saturated heterocycles. The predicted octanol–water partition coefficient (Wildman–Crippen LogP) is 4.61.